The summed E-state index contributed by atoms with van der Waals surface area (Å²) in [6, 6.07) is 12.0. The van der Waals surface area contributed by atoms with Gasteiger partial charge in [-0.1, -0.05) is 29.8 Å². The predicted molar refractivity (Wildman–Crippen MR) is 119 cm³/mol. The molecule has 1 aliphatic heterocycles. The molecule has 0 spiro atoms. The van der Waals surface area contributed by atoms with Crippen LogP contribution >= 0.6 is 11.6 Å². The summed E-state index contributed by atoms with van der Waals surface area (Å²) in [6.07, 6.45) is 4.12. The molecule has 1 aliphatic carbocycles. The number of rotatable bonds is 7. The normalized spacial score (nSPS) is 22.1. The average molecular weight is 428 g/mol. The van der Waals surface area contributed by atoms with Crippen LogP contribution in [0.5, 0.6) is 5.88 Å². The van der Waals surface area contributed by atoms with E-state index in [1.54, 1.807) is 6.20 Å². The van der Waals surface area contributed by atoms with Crippen molar-refractivity contribution in [1.29, 1.82) is 0 Å². The number of nitrogens with zero attached hydrogens (tertiary/aromatic N) is 2. The van der Waals surface area contributed by atoms with Crippen LogP contribution in [0, 0.1) is 5.41 Å². The Morgan fingerprint density at radius 3 is 2.67 bits per heavy atom. The molecule has 2 aliphatic rings. The Kier molecular flexibility index (Phi) is 6.03. The smallest absolute Gasteiger partial charge is 0.229 e. The molecule has 1 N–H and O–H groups in total. The van der Waals surface area contributed by atoms with Gasteiger partial charge >= 0.3 is 0 Å². The first kappa shape index (κ1) is 21.1. The number of carbonyl (C=O) groups is 1. The minimum Gasteiger partial charge on any atom is -0.476 e. The van der Waals surface area contributed by atoms with Crippen molar-refractivity contribution in [3.8, 4) is 5.88 Å². The third kappa shape index (κ3) is 4.79. The van der Waals surface area contributed by atoms with E-state index in [-0.39, 0.29) is 17.9 Å². The summed E-state index contributed by atoms with van der Waals surface area (Å²) in [4.78, 5) is 19.8. The molecule has 6 heteroatoms. The van der Waals surface area contributed by atoms with E-state index in [4.69, 9.17) is 16.3 Å². The molecule has 2 fully saturated rings. The van der Waals surface area contributed by atoms with Crippen LogP contribution in [0.15, 0.2) is 42.6 Å². The Hall–Kier alpha value is -2.11. The summed E-state index contributed by atoms with van der Waals surface area (Å²) in [5.41, 5.74) is 1.70. The van der Waals surface area contributed by atoms with Crippen molar-refractivity contribution < 1.29 is 9.53 Å². The second kappa shape index (κ2) is 8.56. The van der Waals surface area contributed by atoms with Gasteiger partial charge in [-0.25, -0.2) is 4.98 Å². The number of amides is 1. The second-order valence-corrected chi connectivity index (χ2v) is 9.74. The Balaban J connectivity index is 1.40. The van der Waals surface area contributed by atoms with Crippen LogP contribution < -0.4 is 10.1 Å². The van der Waals surface area contributed by atoms with E-state index < -0.39 is 5.41 Å². The Morgan fingerprint density at radius 2 is 1.97 bits per heavy atom. The van der Waals surface area contributed by atoms with Gasteiger partial charge in [0, 0.05) is 41.8 Å². The number of hydrogen-bond donors (Lipinski definition) is 1. The van der Waals surface area contributed by atoms with Gasteiger partial charge in [0.25, 0.3) is 0 Å². The second-order valence-electron chi connectivity index (χ2n) is 9.30. The zero-order valence-corrected chi connectivity index (χ0v) is 18.7. The lowest BCUT2D eigenvalue weighted by Gasteiger charge is -2.28. The van der Waals surface area contributed by atoms with Crippen molar-refractivity contribution in [2.24, 2.45) is 5.41 Å². The van der Waals surface area contributed by atoms with Crippen LogP contribution in [0.1, 0.15) is 49.7 Å². The molecule has 30 heavy (non-hydrogen) atoms. The number of likely N-dealkylation sites (tertiary alicyclic amines) is 1. The SMILES string of the molecule is CN1CC(NC(=O)C(C)(C)COc2ncccc2C2CC2)C(c2ccc(Cl)cc2)C1. The summed E-state index contributed by atoms with van der Waals surface area (Å²) < 4.78 is 6.04. The van der Waals surface area contributed by atoms with Gasteiger partial charge in [0.05, 0.1) is 5.41 Å². The van der Waals surface area contributed by atoms with Gasteiger partial charge in [-0.2, -0.15) is 0 Å². The quantitative estimate of drug-likeness (QED) is 0.718. The number of halogens is 1. The number of ether oxygens (including phenoxy) is 1. The van der Waals surface area contributed by atoms with E-state index >= 15 is 0 Å². The van der Waals surface area contributed by atoms with Crippen molar-refractivity contribution in [3.05, 3.63) is 58.7 Å². The molecule has 2 heterocycles. The first-order chi connectivity index (χ1) is 14.3. The lowest BCUT2D eigenvalue weighted by molar-refractivity contribution is -0.131. The number of aromatic nitrogens is 1. The zero-order valence-electron chi connectivity index (χ0n) is 17.9. The standard InChI is InChI=1S/C24H30ClN3O2/c1-24(2,15-30-22-19(16-6-7-16)5-4-12-26-22)23(29)27-21-14-28(3)13-20(21)17-8-10-18(25)11-9-17/h4-5,8-12,16,20-21H,6-7,13-15H2,1-3H3,(H,27,29). The molecule has 2 aromatic rings. The van der Waals surface area contributed by atoms with Gasteiger partial charge in [-0.15, -0.1) is 0 Å². The molecule has 2 unspecified atom stereocenters. The third-order valence-corrected chi connectivity index (χ3v) is 6.37. The van der Waals surface area contributed by atoms with E-state index in [0.717, 1.165) is 23.7 Å². The van der Waals surface area contributed by atoms with Crippen LogP contribution in [0.3, 0.4) is 0 Å². The molecule has 5 nitrogen and oxygen atoms in total. The molecule has 1 amide bonds. The monoisotopic (exact) mass is 427 g/mol. The molecular weight excluding hydrogens is 398 g/mol. The molecule has 1 aromatic carbocycles. The van der Waals surface area contributed by atoms with Gasteiger partial charge in [0.15, 0.2) is 0 Å². The Labute approximate surface area is 183 Å². The summed E-state index contributed by atoms with van der Waals surface area (Å²) in [7, 11) is 2.09. The van der Waals surface area contributed by atoms with Gasteiger partial charge < -0.3 is 15.0 Å². The largest absolute Gasteiger partial charge is 0.476 e. The number of benzene rings is 1. The minimum atomic E-state index is -0.663. The van der Waals surface area contributed by atoms with Crippen LogP contribution in [0.2, 0.25) is 5.02 Å². The van der Waals surface area contributed by atoms with Gasteiger partial charge in [0.1, 0.15) is 6.61 Å². The van der Waals surface area contributed by atoms with Gasteiger partial charge in [-0.05, 0) is 63.4 Å². The molecule has 2 atom stereocenters. The fourth-order valence-corrected chi connectivity index (χ4v) is 4.23. The number of nitrogens with one attached hydrogen (secondary N) is 1. The first-order valence-electron chi connectivity index (χ1n) is 10.7. The zero-order chi connectivity index (χ0) is 21.3. The van der Waals surface area contributed by atoms with Gasteiger partial charge in [0.2, 0.25) is 11.8 Å². The van der Waals surface area contributed by atoms with E-state index in [1.807, 2.05) is 32.0 Å². The average Bonchev–Trinajstić information content (AvgIpc) is 3.50. The summed E-state index contributed by atoms with van der Waals surface area (Å²) >= 11 is 6.05. The van der Waals surface area contributed by atoms with E-state index in [0.29, 0.717) is 18.4 Å². The summed E-state index contributed by atoms with van der Waals surface area (Å²) in [5.74, 6) is 1.47. The number of carbonyl (C=O) groups excluding carboxylic acids is 1. The molecule has 0 radical (unpaired) electrons. The highest BCUT2D eigenvalue weighted by Gasteiger charge is 2.37. The minimum absolute atomic E-state index is 0.00525. The highest BCUT2D eigenvalue weighted by molar-refractivity contribution is 6.30. The van der Waals surface area contributed by atoms with Gasteiger partial charge in [-0.3, -0.25) is 4.79 Å². The Morgan fingerprint density at radius 1 is 1.23 bits per heavy atom. The van der Waals surface area contributed by atoms with E-state index in [1.165, 1.54) is 18.4 Å². The molecule has 160 valence electrons. The lowest BCUT2D eigenvalue weighted by atomic mass is 9.90. The number of hydrogen-bond acceptors (Lipinski definition) is 4. The van der Waals surface area contributed by atoms with Crippen LogP contribution in [0.4, 0.5) is 0 Å². The highest BCUT2D eigenvalue weighted by atomic mass is 35.5. The van der Waals surface area contributed by atoms with Crippen molar-refractivity contribution in [3.63, 3.8) is 0 Å². The molecule has 1 aromatic heterocycles. The van der Waals surface area contributed by atoms with Crippen LogP contribution in [-0.2, 0) is 4.79 Å². The van der Waals surface area contributed by atoms with E-state index in [2.05, 4.69) is 40.4 Å². The third-order valence-electron chi connectivity index (χ3n) is 6.12. The fraction of sp³-hybridized carbons (Fsp3) is 0.500. The predicted octanol–water partition coefficient (Wildman–Crippen LogP) is 4.23. The maximum atomic E-state index is 13.2. The lowest BCUT2D eigenvalue weighted by Crippen LogP contribution is -2.48. The maximum Gasteiger partial charge on any atom is 0.229 e. The highest BCUT2D eigenvalue weighted by Crippen LogP contribution is 2.43. The summed E-state index contributed by atoms with van der Waals surface area (Å²) in [6.45, 7) is 5.88. The van der Waals surface area contributed by atoms with Crippen LogP contribution in [0.25, 0.3) is 0 Å². The first-order valence-corrected chi connectivity index (χ1v) is 11.0. The van der Waals surface area contributed by atoms with Crippen molar-refractivity contribution >= 4 is 17.5 Å². The number of likely N-dealkylation sites (N-methyl/N-ethyl adjacent to an activating group) is 1. The summed E-state index contributed by atoms with van der Waals surface area (Å²) in [5, 5.41) is 4.01. The number of pyridine rings is 1. The molecular formula is C24H30ClN3O2. The van der Waals surface area contributed by atoms with Crippen molar-refractivity contribution in [2.45, 2.75) is 44.6 Å². The van der Waals surface area contributed by atoms with Crippen LogP contribution in [-0.4, -0.2) is 48.6 Å². The maximum absolute atomic E-state index is 13.2. The molecule has 4 rings (SSSR count). The van der Waals surface area contributed by atoms with E-state index in [9.17, 15) is 4.79 Å². The van der Waals surface area contributed by atoms with Crippen molar-refractivity contribution in [1.82, 2.24) is 15.2 Å². The Bertz CT molecular complexity index is 896. The molecule has 0 bridgehead atoms. The molecule has 1 saturated carbocycles. The topological polar surface area (TPSA) is 54.5 Å². The molecule has 1 saturated heterocycles. The fourth-order valence-electron chi connectivity index (χ4n) is 4.10. The van der Waals surface area contributed by atoms with Crippen molar-refractivity contribution in [2.75, 3.05) is 26.7 Å².